The topological polar surface area (TPSA) is 47.6 Å². The van der Waals surface area contributed by atoms with Crippen molar-refractivity contribution in [3.05, 3.63) is 0 Å². The highest BCUT2D eigenvalue weighted by molar-refractivity contribution is 5.75. The average molecular weight is 217 g/mol. The molecule has 0 saturated carbocycles. The highest BCUT2D eigenvalue weighted by Gasteiger charge is 2.18. The van der Waals surface area contributed by atoms with E-state index in [1.807, 2.05) is 6.92 Å². The molecule has 0 rings (SSSR count). The van der Waals surface area contributed by atoms with Gasteiger partial charge in [0, 0.05) is 6.61 Å². The molecule has 0 aromatic rings. The van der Waals surface area contributed by atoms with Gasteiger partial charge in [-0.2, -0.15) is 0 Å². The Kier molecular flexibility index (Phi) is 8.33. The Bertz CT molecular complexity index is 171. The summed E-state index contributed by atoms with van der Waals surface area (Å²) >= 11 is 0. The molecular weight excluding hydrogens is 194 g/mol. The molecule has 15 heavy (non-hydrogen) atoms. The van der Waals surface area contributed by atoms with E-state index < -0.39 is 0 Å². The van der Waals surface area contributed by atoms with Crippen LogP contribution in [0.5, 0.6) is 0 Å². The van der Waals surface area contributed by atoms with Crippen molar-refractivity contribution in [1.29, 1.82) is 0 Å². The fourth-order valence-corrected chi connectivity index (χ4v) is 1.12. The summed E-state index contributed by atoms with van der Waals surface area (Å²) in [7, 11) is 0. The molecule has 0 aromatic heterocycles. The maximum Gasteiger partial charge on any atom is 0.325 e. The monoisotopic (exact) mass is 217 g/mol. The number of rotatable bonds is 8. The van der Waals surface area contributed by atoms with E-state index in [-0.39, 0.29) is 12.0 Å². The van der Waals surface area contributed by atoms with Crippen molar-refractivity contribution in [1.82, 2.24) is 5.32 Å². The van der Waals surface area contributed by atoms with Gasteiger partial charge in [-0.25, -0.2) is 0 Å². The number of hydrogen-bond acceptors (Lipinski definition) is 4. The van der Waals surface area contributed by atoms with Gasteiger partial charge in [0.25, 0.3) is 0 Å². The third-order valence-corrected chi connectivity index (χ3v) is 1.76. The fourth-order valence-electron chi connectivity index (χ4n) is 1.12. The van der Waals surface area contributed by atoms with E-state index in [4.69, 9.17) is 9.47 Å². The fraction of sp³-hybridized carbons (Fsp3) is 0.909. The van der Waals surface area contributed by atoms with E-state index in [0.717, 1.165) is 6.54 Å². The molecule has 1 unspecified atom stereocenters. The maximum atomic E-state index is 11.4. The number of likely N-dealkylation sites (N-methyl/N-ethyl adjacent to an activating group) is 1. The van der Waals surface area contributed by atoms with Gasteiger partial charge in [-0.1, -0.05) is 20.8 Å². The summed E-state index contributed by atoms with van der Waals surface area (Å²) in [6, 6.07) is -0.339. The molecule has 90 valence electrons. The molecule has 1 atom stereocenters. The molecule has 1 N–H and O–H groups in total. The Balaban J connectivity index is 3.87. The Labute approximate surface area is 92.3 Å². The zero-order chi connectivity index (χ0) is 11.7. The summed E-state index contributed by atoms with van der Waals surface area (Å²) in [5.74, 6) is 0.248. The molecular formula is C11H23NO3. The van der Waals surface area contributed by atoms with Gasteiger partial charge in [0.15, 0.2) is 0 Å². The minimum Gasteiger partial charge on any atom is -0.465 e. The van der Waals surface area contributed by atoms with Crippen LogP contribution < -0.4 is 5.32 Å². The molecule has 0 bridgehead atoms. The van der Waals surface area contributed by atoms with Crippen LogP contribution in [0.3, 0.4) is 0 Å². The number of esters is 1. The molecule has 0 radical (unpaired) electrons. The Hall–Kier alpha value is -0.610. The van der Waals surface area contributed by atoms with Crippen LogP contribution in [-0.4, -0.2) is 38.4 Å². The van der Waals surface area contributed by atoms with Crippen molar-refractivity contribution in [2.45, 2.75) is 33.7 Å². The first kappa shape index (κ1) is 14.4. The van der Waals surface area contributed by atoms with Gasteiger partial charge in [0.1, 0.15) is 6.04 Å². The number of nitrogens with one attached hydrogen (secondary N) is 1. The van der Waals surface area contributed by atoms with Crippen LogP contribution in [-0.2, 0) is 14.3 Å². The number of carbonyl (C=O) groups is 1. The summed E-state index contributed by atoms with van der Waals surface area (Å²) in [6.45, 7) is 10.1. The summed E-state index contributed by atoms with van der Waals surface area (Å²) in [5, 5.41) is 3.04. The predicted octanol–water partition coefficient (Wildman–Crippen LogP) is 1.20. The Morgan fingerprint density at radius 2 is 1.93 bits per heavy atom. The molecule has 0 heterocycles. The number of ether oxygens (including phenoxy) is 2. The zero-order valence-corrected chi connectivity index (χ0v) is 10.2. The van der Waals surface area contributed by atoms with E-state index in [9.17, 15) is 4.79 Å². The highest BCUT2D eigenvalue weighted by atomic mass is 16.5. The van der Waals surface area contributed by atoms with Gasteiger partial charge in [0.2, 0.25) is 0 Å². The Morgan fingerprint density at radius 1 is 1.27 bits per heavy atom. The third kappa shape index (κ3) is 7.33. The van der Waals surface area contributed by atoms with Crippen LogP contribution in [0.25, 0.3) is 0 Å². The molecule has 0 fully saturated rings. The predicted molar refractivity (Wildman–Crippen MR) is 59.8 cm³/mol. The van der Waals surface area contributed by atoms with E-state index in [0.29, 0.717) is 25.7 Å². The van der Waals surface area contributed by atoms with E-state index in [1.54, 1.807) is 6.92 Å². The Morgan fingerprint density at radius 3 is 2.40 bits per heavy atom. The van der Waals surface area contributed by atoms with Crippen molar-refractivity contribution in [2.24, 2.45) is 5.92 Å². The summed E-state index contributed by atoms with van der Waals surface area (Å²) in [6.07, 6.45) is 0. The zero-order valence-electron chi connectivity index (χ0n) is 10.2. The first-order chi connectivity index (χ1) is 7.11. The lowest BCUT2D eigenvalue weighted by Gasteiger charge is -2.17. The molecule has 0 saturated heterocycles. The number of carbonyl (C=O) groups excluding carboxylic acids is 1. The molecule has 4 nitrogen and oxygen atoms in total. The second-order valence-electron chi connectivity index (χ2n) is 3.79. The summed E-state index contributed by atoms with van der Waals surface area (Å²) in [4.78, 5) is 11.4. The van der Waals surface area contributed by atoms with Crippen LogP contribution >= 0.6 is 0 Å². The summed E-state index contributed by atoms with van der Waals surface area (Å²) in [5.41, 5.74) is 0. The molecule has 0 aromatic carbocycles. The SMILES string of the molecule is CCNC(COCC(C)C)C(=O)OCC. The van der Waals surface area contributed by atoms with Crippen molar-refractivity contribution < 1.29 is 14.3 Å². The molecule has 0 aliphatic carbocycles. The van der Waals surface area contributed by atoms with Crippen molar-refractivity contribution in [3.63, 3.8) is 0 Å². The standard InChI is InChI=1S/C11H23NO3/c1-5-12-10(11(13)15-6-2)8-14-7-9(3)4/h9-10,12H,5-8H2,1-4H3. The lowest BCUT2D eigenvalue weighted by Crippen LogP contribution is -2.42. The molecule has 0 amide bonds. The number of hydrogen-bond donors (Lipinski definition) is 1. The van der Waals surface area contributed by atoms with Crippen LogP contribution in [0.15, 0.2) is 0 Å². The quantitative estimate of drug-likeness (QED) is 0.621. The van der Waals surface area contributed by atoms with Gasteiger partial charge < -0.3 is 14.8 Å². The summed E-state index contributed by atoms with van der Waals surface area (Å²) < 4.78 is 10.3. The van der Waals surface area contributed by atoms with Crippen molar-refractivity contribution in [3.8, 4) is 0 Å². The van der Waals surface area contributed by atoms with Crippen LogP contribution in [0.2, 0.25) is 0 Å². The molecule has 0 spiro atoms. The first-order valence-corrected chi connectivity index (χ1v) is 5.59. The van der Waals surface area contributed by atoms with E-state index in [2.05, 4.69) is 19.2 Å². The molecule has 0 aliphatic heterocycles. The minimum absolute atomic E-state index is 0.233. The van der Waals surface area contributed by atoms with Gasteiger partial charge in [0.05, 0.1) is 13.2 Å². The second kappa shape index (κ2) is 8.68. The van der Waals surface area contributed by atoms with Gasteiger partial charge in [-0.15, -0.1) is 0 Å². The molecule has 0 aliphatic rings. The van der Waals surface area contributed by atoms with E-state index in [1.165, 1.54) is 0 Å². The van der Waals surface area contributed by atoms with Gasteiger partial charge in [-0.3, -0.25) is 4.79 Å². The lowest BCUT2D eigenvalue weighted by molar-refractivity contribution is -0.147. The largest absolute Gasteiger partial charge is 0.465 e. The maximum absolute atomic E-state index is 11.4. The normalized spacial score (nSPS) is 12.9. The smallest absolute Gasteiger partial charge is 0.325 e. The highest BCUT2D eigenvalue weighted by Crippen LogP contribution is 1.96. The second-order valence-corrected chi connectivity index (χ2v) is 3.79. The third-order valence-electron chi connectivity index (χ3n) is 1.76. The first-order valence-electron chi connectivity index (χ1n) is 5.59. The van der Waals surface area contributed by atoms with Crippen LogP contribution in [0, 0.1) is 5.92 Å². The van der Waals surface area contributed by atoms with E-state index >= 15 is 0 Å². The van der Waals surface area contributed by atoms with Crippen LogP contribution in [0.1, 0.15) is 27.7 Å². The molecule has 4 heteroatoms. The van der Waals surface area contributed by atoms with Gasteiger partial charge >= 0.3 is 5.97 Å². The van der Waals surface area contributed by atoms with Crippen molar-refractivity contribution >= 4 is 5.97 Å². The van der Waals surface area contributed by atoms with Crippen molar-refractivity contribution in [2.75, 3.05) is 26.4 Å². The van der Waals surface area contributed by atoms with Gasteiger partial charge in [-0.05, 0) is 19.4 Å². The minimum atomic E-state index is -0.339. The lowest BCUT2D eigenvalue weighted by atomic mass is 10.2. The average Bonchev–Trinajstić information content (AvgIpc) is 2.16. The van der Waals surface area contributed by atoms with Crippen LogP contribution in [0.4, 0.5) is 0 Å².